The smallest absolute Gasteiger partial charge is 0.254 e. The highest BCUT2D eigenvalue weighted by Gasteiger charge is 2.14. The number of rotatable bonds is 5. The molecule has 1 unspecified atom stereocenters. The maximum Gasteiger partial charge on any atom is 0.254 e. The van der Waals surface area contributed by atoms with Gasteiger partial charge in [-0.05, 0) is 19.1 Å². The quantitative estimate of drug-likeness (QED) is 0.737. The average molecular weight is 222 g/mol. The molecule has 0 spiro atoms. The van der Waals surface area contributed by atoms with E-state index in [-0.39, 0.29) is 17.5 Å². The number of hydrogen-bond acceptors (Lipinski definition) is 4. The second-order valence-corrected chi connectivity index (χ2v) is 3.12. The lowest BCUT2D eigenvalue weighted by Crippen LogP contribution is -2.28. The lowest BCUT2D eigenvalue weighted by atomic mass is 10.3. The molecule has 0 aliphatic heterocycles. The van der Waals surface area contributed by atoms with E-state index in [9.17, 15) is 9.90 Å². The molecule has 0 aliphatic carbocycles. The SMILES string of the molecule is C=CCOC(C)C(=O)Nc1ncccc1O. The predicted molar refractivity (Wildman–Crippen MR) is 60.1 cm³/mol. The molecule has 1 aromatic heterocycles. The third-order valence-corrected chi connectivity index (χ3v) is 1.86. The van der Waals surface area contributed by atoms with Crippen LogP contribution in [0.1, 0.15) is 6.92 Å². The first-order chi connectivity index (χ1) is 7.65. The molecular weight excluding hydrogens is 208 g/mol. The highest BCUT2D eigenvalue weighted by atomic mass is 16.5. The number of anilines is 1. The zero-order valence-electron chi connectivity index (χ0n) is 9.01. The van der Waals surface area contributed by atoms with Crippen LogP contribution >= 0.6 is 0 Å². The Kier molecular flexibility index (Phi) is 4.47. The van der Waals surface area contributed by atoms with Crippen molar-refractivity contribution >= 4 is 11.7 Å². The summed E-state index contributed by atoms with van der Waals surface area (Å²) >= 11 is 0. The maximum atomic E-state index is 11.5. The van der Waals surface area contributed by atoms with E-state index < -0.39 is 6.10 Å². The van der Waals surface area contributed by atoms with Crippen molar-refractivity contribution in [2.24, 2.45) is 0 Å². The first-order valence-electron chi connectivity index (χ1n) is 4.82. The molecule has 0 fully saturated rings. The summed E-state index contributed by atoms with van der Waals surface area (Å²) in [6, 6.07) is 3.01. The molecule has 0 saturated carbocycles. The summed E-state index contributed by atoms with van der Waals surface area (Å²) in [7, 11) is 0. The van der Waals surface area contributed by atoms with Crippen LogP contribution in [0.15, 0.2) is 31.0 Å². The van der Waals surface area contributed by atoms with Crippen molar-refractivity contribution in [1.82, 2.24) is 4.98 Å². The van der Waals surface area contributed by atoms with Gasteiger partial charge in [0.1, 0.15) is 6.10 Å². The third-order valence-electron chi connectivity index (χ3n) is 1.86. The zero-order valence-corrected chi connectivity index (χ0v) is 9.01. The number of amides is 1. The molecule has 1 amide bonds. The van der Waals surface area contributed by atoms with Crippen LogP contribution in [0, 0.1) is 0 Å². The van der Waals surface area contributed by atoms with Crippen LogP contribution in [-0.2, 0) is 9.53 Å². The van der Waals surface area contributed by atoms with Crippen LogP contribution in [0.4, 0.5) is 5.82 Å². The van der Waals surface area contributed by atoms with Crippen molar-refractivity contribution < 1.29 is 14.6 Å². The number of carbonyl (C=O) groups is 1. The molecule has 0 bridgehead atoms. The minimum absolute atomic E-state index is 0.0771. The minimum Gasteiger partial charge on any atom is -0.504 e. The van der Waals surface area contributed by atoms with Crippen LogP contribution in [0.5, 0.6) is 5.75 Å². The van der Waals surface area contributed by atoms with Gasteiger partial charge >= 0.3 is 0 Å². The fourth-order valence-electron chi connectivity index (χ4n) is 1.000. The summed E-state index contributed by atoms with van der Waals surface area (Å²) in [5, 5.41) is 11.8. The second kappa shape index (κ2) is 5.87. The first kappa shape index (κ1) is 12.2. The zero-order chi connectivity index (χ0) is 12.0. The fraction of sp³-hybridized carbons (Fsp3) is 0.273. The van der Waals surface area contributed by atoms with E-state index in [0.29, 0.717) is 6.61 Å². The van der Waals surface area contributed by atoms with Gasteiger partial charge in [0.15, 0.2) is 11.6 Å². The maximum absolute atomic E-state index is 11.5. The molecule has 5 nitrogen and oxygen atoms in total. The lowest BCUT2D eigenvalue weighted by molar-refractivity contribution is -0.125. The number of pyridine rings is 1. The van der Waals surface area contributed by atoms with Gasteiger partial charge in [0, 0.05) is 6.20 Å². The number of aromatic hydroxyl groups is 1. The van der Waals surface area contributed by atoms with Gasteiger partial charge in [0.25, 0.3) is 5.91 Å². The molecular formula is C11H14N2O3. The van der Waals surface area contributed by atoms with E-state index in [1.807, 2.05) is 0 Å². The Hall–Kier alpha value is -1.88. The summed E-state index contributed by atoms with van der Waals surface area (Å²) in [4.78, 5) is 15.4. The van der Waals surface area contributed by atoms with Gasteiger partial charge in [-0.15, -0.1) is 6.58 Å². The average Bonchev–Trinajstić information content (AvgIpc) is 2.28. The van der Waals surface area contributed by atoms with Crippen molar-refractivity contribution in [2.75, 3.05) is 11.9 Å². The van der Waals surface area contributed by atoms with E-state index in [1.165, 1.54) is 12.3 Å². The number of nitrogens with one attached hydrogen (secondary N) is 1. The number of hydrogen-bond donors (Lipinski definition) is 2. The minimum atomic E-state index is -0.626. The van der Waals surface area contributed by atoms with Gasteiger partial charge < -0.3 is 15.2 Å². The molecule has 1 rings (SSSR count). The first-order valence-corrected chi connectivity index (χ1v) is 4.82. The van der Waals surface area contributed by atoms with Crippen molar-refractivity contribution in [1.29, 1.82) is 0 Å². The van der Waals surface area contributed by atoms with Crippen molar-refractivity contribution in [3.63, 3.8) is 0 Å². The van der Waals surface area contributed by atoms with Gasteiger partial charge in [-0.25, -0.2) is 4.98 Å². The van der Waals surface area contributed by atoms with Crippen LogP contribution in [0.3, 0.4) is 0 Å². The molecule has 0 saturated heterocycles. The van der Waals surface area contributed by atoms with Crippen LogP contribution < -0.4 is 5.32 Å². The number of ether oxygens (including phenoxy) is 1. The van der Waals surface area contributed by atoms with Gasteiger partial charge in [-0.2, -0.15) is 0 Å². The Balaban J connectivity index is 2.57. The van der Waals surface area contributed by atoms with Crippen molar-refractivity contribution in [3.8, 4) is 5.75 Å². The fourth-order valence-corrected chi connectivity index (χ4v) is 1.000. The molecule has 5 heteroatoms. The van der Waals surface area contributed by atoms with E-state index >= 15 is 0 Å². The normalized spacial score (nSPS) is 11.8. The Bertz CT molecular complexity index is 379. The Labute approximate surface area is 93.8 Å². The van der Waals surface area contributed by atoms with E-state index in [0.717, 1.165) is 0 Å². The molecule has 0 aliphatic rings. The van der Waals surface area contributed by atoms with E-state index in [2.05, 4.69) is 16.9 Å². The van der Waals surface area contributed by atoms with Gasteiger partial charge in [0.05, 0.1) is 6.61 Å². The highest BCUT2D eigenvalue weighted by molar-refractivity contribution is 5.94. The van der Waals surface area contributed by atoms with Crippen molar-refractivity contribution in [3.05, 3.63) is 31.0 Å². The molecule has 1 heterocycles. The van der Waals surface area contributed by atoms with Crippen molar-refractivity contribution in [2.45, 2.75) is 13.0 Å². The van der Waals surface area contributed by atoms with Crippen LogP contribution in [0.25, 0.3) is 0 Å². The van der Waals surface area contributed by atoms with Gasteiger partial charge in [-0.1, -0.05) is 6.08 Å². The Morgan fingerprint density at radius 1 is 1.81 bits per heavy atom. The third kappa shape index (κ3) is 3.36. The molecule has 86 valence electrons. The Morgan fingerprint density at radius 3 is 3.19 bits per heavy atom. The summed E-state index contributed by atoms with van der Waals surface area (Å²) in [5.41, 5.74) is 0. The van der Waals surface area contributed by atoms with E-state index in [4.69, 9.17) is 4.74 Å². The summed E-state index contributed by atoms with van der Waals surface area (Å²) in [6.45, 7) is 5.39. The standard InChI is InChI=1S/C11H14N2O3/c1-3-7-16-8(2)11(15)13-10-9(14)5-4-6-12-10/h3-6,8,14H,1,7H2,2H3,(H,12,13,15). The molecule has 0 aromatic carbocycles. The lowest BCUT2D eigenvalue weighted by Gasteiger charge is -2.11. The Morgan fingerprint density at radius 2 is 2.56 bits per heavy atom. The largest absolute Gasteiger partial charge is 0.504 e. The molecule has 1 aromatic rings. The summed E-state index contributed by atoms with van der Waals surface area (Å²) in [6.07, 6.45) is 2.41. The number of carbonyl (C=O) groups excluding carboxylic acids is 1. The highest BCUT2D eigenvalue weighted by Crippen LogP contribution is 2.18. The predicted octanol–water partition coefficient (Wildman–Crippen LogP) is 1.32. The van der Waals surface area contributed by atoms with E-state index in [1.54, 1.807) is 19.1 Å². The summed E-state index contributed by atoms with van der Waals surface area (Å²) in [5.74, 6) is -0.316. The van der Waals surface area contributed by atoms with Gasteiger partial charge in [0.2, 0.25) is 0 Å². The second-order valence-electron chi connectivity index (χ2n) is 3.12. The number of aromatic nitrogens is 1. The molecule has 1 atom stereocenters. The summed E-state index contributed by atoms with van der Waals surface area (Å²) < 4.78 is 5.13. The molecule has 2 N–H and O–H groups in total. The topological polar surface area (TPSA) is 71.5 Å². The number of nitrogens with zero attached hydrogens (tertiary/aromatic N) is 1. The van der Waals surface area contributed by atoms with Gasteiger partial charge in [-0.3, -0.25) is 4.79 Å². The molecule has 0 radical (unpaired) electrons. The molecule has 16 heavy (non-hydrogen) atoms. The monoisotopic (exact) mass is 222 g/mol. The van der Waals surface area contributed by atoms with Crippen LogP contribution in [-0.4, -0.2) is 28.7 Å². The van der Waals surface area contributed by atoms with Crippen LogP contribution in [0.2, 0.25) is 0 Å².